The number of carbonyl (C=O) groups is 2. The Bertz CT molecular complexity index is 785. The van der Waals surface area contributed by atoms with Crippen LogP contribution in [-0.4, -0.2) is 49.5 Å². The molecule has 1 aliphatic heterocycles. The van der Waals surface area contributed by atoms with Crippen LogP contribution in [0.1, 0.15) is 27.4 Å². The largest absolute Gasteiger partial charge is 0.468 e. The van der Waals surface area contributed by atoms with E-state index in [1.54, 1.807) is 30.5 Å². The molecule has 0 saturated carbocycles. The molecule has 2 aromatic heterocycles. The van der Waals surface area contributed by atoms with Crippen molar-refractivity contribution in [1.29, 1.82) is 0 Å². The Morgan fingerprint density at radius 2 is 2.19 bits per heavy atom. The van der Waals surface area contributed by atoms with Crippen molar-refractivity contribution in [3.8, 4) is 5.95 Å². The number of amides is 2. The second kappa shape index (κ2) is 7.92. The lowest BCUT2D eigenvalue weighted by Crippen LogP contribution is -2.41. The summed E-state index contributed by atoms with van der Waals surface area (Å²) in [4.78, 5) is 28.0. The topological polar surface area (TPSA) is 83.8 Å². The van der Waals surface area contributed by atoms with Crippen LogP contribution in [0.25, 0.3) is 0 Å². The Labute approximate surface area is 156 Å². The van der Waals surface area contributed by atoms with Gasteiger partial charge in [-0.25, -0.2) is 0 Å². The third kappa shape index (κ3) is 3.91. The van der Waals surface area contributed by atoms with Gasteiger partial charge in [0.1, 0.15) is 0 Å². The quantitative estimate of drug-likeness (QED) is 0.802. The van der Waals surface area contributed by atoms with E-state index >= 15 is 0 Å². The maximum absolute atomic E-state index is 12.4. The summed E-state index contributed by atoms with van der Waals surface area (Å²) in [7, 11) is 3.12. The molecule has 0 spiro atoms. The maximum Gasteiger partial charge on any atom is 0.287 e. The van der Waals surface area contributed by atoms with Crippen molar-refractivity contribution in [3.05, 3.63) is 39.8 Å². The van der Waals surface area contributed by atoms with E-state index in [-0.39, 0.29) is 29.7 Å². The molecule has 2 N–H and O–H groups in total. The summed E-state index contributed by atoms with van der Waals surface area (Å²) in [5, 5.41) is 7.74. The zero-order valence-electron chi connectivity index (χ0n) is 15.1. The van der Waals surface area contributed by atoms with Crippen LogP contribution in [0.15, 0.2) is 28.0 Å². The zero-order valence-corrected chi connectivity index (χ0v) is 15.9. The summed E-state index contributed by atoms with van der Waals surface area (Å²) in [6.45, 7) is 3.38. The first-order valence-corrected chi connectivity index (χ1v) is 9.33. The minimum absolute atomic E-state index is 0.0318. The van der Waals surface area contributed by atoms with Crippen LogP contribution in [0.3, 0.4) is 0 Å². The highest BCUT2D eigenvalue weighted by Crippen LogP contribution is 2.25. The van der Waals surface area contributed by atoms with Gasteiger partial charge < -0.3 is 19.8 Å². The molecule has 2 atom stereocenters. The second-order valence-electron chi connectivity index (χ2n) is 6.32. The molecule has 3 rings (SSSR count). The van der Waals surface area contributed by atoms with Gasteiger partial charge in [0, 0.05) is 37.1 Å². The molecule has 26 heavy (non-hydrogen) atoms. The maximum atomic E-state index is 12.4. The molecule has 1 aliphatic rings. The van der Waals surface area contributed by atoms with Crippen LogP contribution in [0.2, 0.25) is 0 Å². The number of hydrogen-bond acceptors (Lipinski definition) is 6. The number of likely N-dealkylation sites (N-methyl/N-ethyl adjacent to an activating group) is 1. The number of carbonyl (C=O) groups excluding carboxylic acids is 2. The van der Waals surface area contributed by atoms with Crippen molar-refractivity contribution < 1.29 is 18.7 Å². The van der Waals surface area contributed by atoms with Gasteiger partial charge >= 0.3 is 0 Å². The standard InChI is InChI=1S/C18H23N3O4S/c1-11-6-7-26-15(11)10-21-9-12(8-13(21)17(22)19-2)20-18(23)14-4-5-16(24-3)25-14/h4-7,12-13H,8-10H2,1-3H3,(H,19,22)(H,20,23)/t12-,13+/m1/s1. The van der Waals surface area contributed by atoms with E-state index in [2.05, 4.69) is 33.9 Å². The van der Waals surface area contributed by atoms with Crippen LogP contribution in [0, 0.1) is 6.92 Å². The number of nitrogens with one attached hydrogen (secondary N) is 2. The minimum Gasteiger partial charge on any atom is -0.468 e. The van der Waals surface area contributed by atoms with E-state index in [9.17, 15) is 9.59 Å². The molecule has 7 nitrogen and oxygen atoms in total. The summed E-state index contributed by atoms with van der Waals surface area (Å²) in [5.41, 5.74) is 1.22. The van der Waals surface area contributed by atoms with Gasteiger partial charge in [-0.05, 0) is 36.4 Å². The lowest BCUT2D eigenvalue weighted by atomic mass is 10.1. The molecule has 1 saturated heterocycles. The first-order chi connectivity index (χ1) is 12.5. The molecule has 0 aliphatic carbocycles. The number of likely N-dealkylation sites (tertiary alicyclic amines) is 1. The zero-order chi connectivity index (χ0) is 18.7. The number of aryl methyl sites for hydroxylation is 1. The normalized spacial score (nSPS) is 20.1. The number of nitrogens with zero attached hydrogens (tertiary/aromatic N) is 1. The van der Waals surface area contributed by atoms with E-state index < -0.39 is 0 Å². The van der Waals surface area contributed by atoms with Crippen LogP contribution in [0.5, 0.6) is 5.95 Å². The lowest BCUT2D eigenvalue weighted by molar-refractivity contribution is -0.125. The Morgan fingerprint density at radius 1 is 1.38 bits per heavy atom. The van der Waals surface area contributed by atoms with E-state index in [1.807, 2.05) is 0 Å². The van der Waals surface area contributed by atoms with Crippen LogP contribution in [0.4, 0.5) is 0 Å². The van der Waals surface area contributed by atoms with E-state index in [0.717, 1.165) is 0 Å². The number of furan rings is 1. The monoisotopic (exact) mass is 377 g/mol. The van der Waals surface area contributed by atoms with Crippen LogP contribution < -0.4 is 15.4 Å². The van der Waals surface area contributed by atoms with E-state index in [1.165, 1.54) is 17.6 Å². The third-order valence-electron chi connectivity index (χ3n) is 4.61. The molecule has 0 unspecified atom stereocenters. The Kier molecular flexibility index (Phi) is 5.63. The fraction of sp³-hybridized carbons (Fsp3) is 0.444. The Balaban J connectivity index is 1.68. The van der Waals surface area contributed by atoms with Gasteiger partial charge in [-0.15, -0.1) is 11.3 Å². The van der Waals surface area contributed by atoms with E-state index in [4.69, 9.17) is 9.15 Å². The van der Waals surface area contributed by atoms with Crippen molar-refractivity contribution in [1.82, 2.24) is 15.5 Å². The third-order valence-corrected chi connectivity index (χ3v) is 5.62. The predicted molar refractivity (Wildman–Crippen MR) is 98.5 cm³/mol. The fourth-order valence-corrected chi connectivity index (χ4v) is 4.11. The van der Waals surface area contributed by atoms with E-state index in [0.29, 0.717) is 25.5 Å². The molecule has 140 valence electrons. The molecule has 2 aromatic rings. The summed E-state index contributed by atoms with van der Waals surface area (Å²) in [6.07, 6.45) is 0.563. The van der Waals surface area contributed by atoms with Crippen molar-refractivity contribution in [2.45, 2.75) is 32.0 Å². The Morgan fingerprint density at radius 3 is 2.81 bits per heavy atom. The number of thiophene rings is 1. The fourth-order valence-electron chi connectivity index (χ4n) is 3.18. The minimum atomic E-state index is -0.303. The van der Waals surface area contributed by atoms with Gasteiger partial charge in [-0.1, -0.05) is 0 Å². The van der Waals surface area contributed by atoms with Gasteiger partial charge in [-0.3, -0.25) is 14.5 Å². The summed E-state index contributed by atoms with van der Waals surface area (Å²) >= 11 is 1.69. The Hall–Kier alpha value is -2.32. The highest BCUT2D eigenvalue weighted by molar-refractivity contribution is 7.10. The van der Waals surface area contributed by atoms with Crippen molar-refractivity contribution >= 4 is 23.2 Å². The molecule has 8 heteroatoms. The average Bonchev–Trinajstić information content (AvgIpc) is 3.35. The molecule has 2 amide bonds. The molecule has 0 bridgehead atoms. The summed E-state index contributed by atoms with van der Waals surface area (Å²) < 4.78 is 10.3. The second-order valence-corrected chi connectivity index (χ2v) is 7.32. The molecule has 0 radical (unpaired) electrons. The smallest absolute Gasteiger partial charge is 0.287 e. The van der Waals surface area contributed by atoms with Crippen molar-refractivity contribution in [2.24, 2.45) is 0 Å². The molecular formula is C18H23N3O4S. The van der Waals surface area contributed by atoms with Crippen LogP contribution in [-0.2, 0) is 11.3 Å². The first-order valence-electron chi connectivity index (χ1n) is 8.45. The van der Waals surface area contributed by atoms with Gasteiger partial charge in [0.05, 0.1) is 13.2 Å². The number of rotatable bonds is 6. The lowest BCUT2D eigenvalue weighted by Gasteiger charge is -2.22. The average molecular weight is 377 g/mol. The van der Waals surface area contributed by atoms with Gasteiger partial charge in [0.25, 0.3) is 11.9 Å². The number of ether oxygens (including phenoxy) is 1. The number of hydrogen-bond donors (Lipinski definition) is 2. The summed E-state index contributed by atoms with van der Waals surface area (Å²) in [6, 6.07) is 4.86. The van der Waals surface area contributed by atoms with Crippen molar-refractivity contribution in [3.63, 3.8) is 0 Å². The highest BCUT2D eigenvalue weighted by atomic mass is 32.1. The summed E-state index contributed by atoms with van der Waals surface area (Å²) in [5.74, 6) is 0.157. The molecule has 0 aromatic carbocycles. The highest BCUT2D eigenvalue weighted by Gasteiger charge is 2.37. The van der Waals surface area contributed by atoms with Gasteiger partial charge in [0.15, 0.2) is 5.76 Å². The molecule has 1 fully saturated rings. The number of methoxy groups -OCH3 is 1. The van der Waals surface area contributed by atoms with Gasteiger partial charge in [0.2, 0.25) is 5.91 Å². The first kappa shape index (κ1) is 18.5. The van der Waals surface area contributed by atoms with Crippen molar-refractivity contribution in [2.75, 3.05) is 20.7 Å². The predicted octanol–water partition coefficient (Wildman–Crippen LogP) is 1.78. The SMILES string of the molecule is CNC(=O)[C@@H]1C[C@@H](NC(=O)c2ccc(OC)o2)CN1Cc1sccc1C. The molecule has 3 heterocycles. The van der Waals surface area contributed by atoms with Crippen LogP contribution >= 0.6 is 11.3 Å². The van der Waals surface area contributed by atoms with Gasteiger partial charge in [-0.2, -0.15) is 0 Å². The molecular weight excluding hydrogens is 354 g/mol.